The first-order valence-electron chi connectivity index (χ1n) is 4.75. The number of benzene rings is 1. The van der Waals surface area contributed by atoms with Gasteiger partial charge in [-0.2, -0.15) is 39.5 Å². The van der Waals surface area contributed by atoms with Crippen LogP contribution in [0.4, 0.5) is 39.5 Å². The Hall–Kier alpha value is -1.61. The summed E-state index contributed by atoms with van der Waals surface area (Å²) < 4.78 is 114. The Bertz CT molecular complexity index is 429. The molecule has 1 aromatic carbocycles. The Morgan fingerprint density at radius 1 is 0.600 bits per heavy atom. The molecule has 1 rings (SSSR count). The minimum atomic E-state index is -6.65. The van der Waals surface area contributed by atoms with Crippen LogP contribution in [0, 0.1) is 0 Å². The van der Waals surface area contributed by atoms with E-state index >= 15 is 0 Å². The van der Waals surface area contributed by atoms with E-state index in [0.717, 1.165) is 0 Å². The fraction of sp³-hybridized carbons (Fsp3) is 0.400. The van der Waals surface area contributed by atoms with Crippen molar-refractivity contribution in [3.63, 3.8) is 0 Å². The molecule has 0 aliphatic rings. The predicted octanol–water partition coefficient (Wildman–Crippen LogP) is 4.32. The third kappa shape index (κ3) is 2.27. The Labute approximate surface area is 105 Å². The van der Waals surface area contributed by atoms with Crippen LogP contribution in [0.25, 0.3) is 0 Å². The van der Waals surface area contributed by atoms with Gasteiger partial charge in [-0.3, -0.25) is 0 Å². The van der Waals surface area contributed by atoms with E-state index in [1.807, 2.05) is 0 Å². The summed E-state index contributed by atoms with van der Waals surface area (Å²) in [5.74, 6) is -0.769. The summed E-state index contributed by atoms with van der Waals surface area (Å²) in [7, 11) is 0. The van der Waals surface area contributed by atoms with E-state index < -0.39 is 35.3 Å². The average molecular weight is 312 g/mol. The standard InChI is InChI=1S/C10H5F9O/c11-8(12,13)7(9(14,15)16,10(17,18)19)5-1-3-6(20)4-2-5/h1-4,20H. The maximum atomic E-state index is 12.7. The van der Waals surface area contributed by atoms with Crippen LogP contribution in [0.2, 0.25) is 0 Å². The van der Waals surface area contributed by atoms with Crippen molar-refractivity contribution in [2.75, 3.05) is 0 Å². The van der Waals surface area contributed by atoms with Gasteiger partial charge in [0.15, 0.2) is 0 Å². The second-order valence-electron chi connectivity index (χ2n) is 3.79. The van der Waals surface area contributed by atoms with Gasteiger partial charge in [0, 0.05) is 0 Å². The van der Waals surface area contributed by atoms with E-state index in [9.17, 15) is 39.5 Å². The van der Waals surface area contributed by atoms with Crippen LogP contribution >= 0.6 is 0 Å². The summed E-state index contributed by atoms with van der Waals surface area (Å²) >= 11 is 0. The molecule has 0 bridgehead atoms. The van der Waals surface area contributed by atoms with Gasteiger partial charge < -0.3 is 5.11 Å². The molecule has 0 aliphatic carbocycles. The first-order chi connectivity index (χ1) is 8.75. The smallest absolute Gasteiger partial charge is 0.416 e. The third-order valence-electron chi connectivity index (χ3n) is 2.58. The number of alkyl halides is 9. The summed E-state index contributed by atoms with van der Waals surface area (Å²) in [6.07, 6.45) is -20.0. The van der Waals surface area contributed by atoms with Crippen molar-refractivity contribution in [2.24, 2.45) is 0 Å². The highest BCUT2D eigenvalue weighted by molar-refractivity contribution is 5.36. The van der Waals surface area contributed by atoms with Gasteiger partial charge in [-0.05, 0) is 17.7 Å². The molecule has 0 aromatic heterocycles. The summed E-state index contributed by atoms with van der Waals surface area (Å²) in [5, 5.41) is 8.79. The predicted molar refractivity (Wildman–Crippen MR) is 47.9 cm³/mol. The zero-order chi connectivity index (χ0) is 16.0. The summed E-state index contributed by atoms with van der Waals surface area (Å²) in [4.78, 5) is 0. The topological polar surface area (TPSA) is 20.2 Å². The highest BCUT2D eigenvalue weighted by Gasteiger charge is 2.84. The van der Waals surface area contributed by atoms with E-state index in [0.29, 0.717) is 12.1 Å². The molecule has 0 fully saturated rings. The monoisotopic (exact) mass is 312 g/mol. The maximum absolute atomic E-state index is 12.7. The average Bonchev–Trinajstić information content (AvgIpc) is 2.14. The number of phenolic OH excluding ortho intramolecular Hbond substituents is 1. The summed E-state index contributed by atoms with van der Waals surface area (Å²) in [6.45, 7) is 0. The highest BCUT2D eigenvalue weighted by Crippen LogP contribution is 2.60. The lowest BCUT2D eigenvalue weighted by Gasteiger charge is -2.38. The molecule has 0 spiro atoms. The molecule has 0 saturated carbocycles. The molecule has 1 aromatic rings. The van der Waals surface area contributed by atoms with Crippen molar-refractivity contribution in [1.82, 2.24) is 0 Å². The van der Waals surface area contributed by atoms with E-state index in [1.54, 1.807) is 0 Å². The Balaban J connectivity index is 3.77. The number of hydrogen-bond donors (Lipinski definition) is 1. The van der Waals surface area contributed by atoms with Crippen LogP contribution in [-0.2, 0) is 5.41 Å². The second-order valence-corrected chi connectivity index (χ2v) is 3.79. The second kappa shape index (κ2) is 4.45. The molecule has 0 unspecified atom stereocenters. The Morgan fingerprint density at radius 3 is 1.15 bits per heavy atom. The molecule has 0 amide bonds. The fourth-order valence-electron chi connectivity index (χ4n) is 1.68. The lowest BCUT2D eigenvalue weighted by atomic mass is 9.78. The van der Waals surface area contributed by atoms with Crippen molar-refractivity contribution in [1.29, 1.82) is 0 Å². The van der Waals surface area contributed by atoms with Crippen LogP contribution in [0.1, 0.15) is 5.56 Å². The zero-order valence-corrected chi connectivity index (χ0v) is 9.16. The number of phenols is 1. The van der Waals surface area contributed by atoms with E-state index in [4.69, 9.17) is 5.11 Å². The summed E-state index contributed by atoms with van der Waals surface area (Å²) in [6, 6.07) is 0.494. The van der Waals surface area contributed by atoms with Crippen LogP contribution in [0.3, 0.4) is 0 Å². The lowest BCUT2D eigenvalue weighted by Crippen LogP contribution is -2.63. The van der Waals surface area contributed by atoms with Gasteiger partial charge in [0.1, 0.15) is 5.75 Å². The molecule has 1 N–H and O–H groups in total. The zero-order valence-electron chi connectivity index (χ0n) is 9.16. The molecule has 20 heavy (non-hydrogen) atoms. The molecule has 0 radical (unpaired) electrons. The van der Waals surface area contributed by atoms with Gasteiger partial charge in [-0.1, -0.05) is 12.1 Å². The SMILES string of the molecule is Oc1ccc(C(C(F)(F)F)(C(F)(F)F)C(F)(F)F)cc1. The fourth-order valence-corrected chi connectivity index (χ4v) is 1.68. The van der Waals surface area contributed by atoms with Gasteiger partial charge in [-0.15, -0.1) is 0 Å². The molecule has 10 heteroatoms. The first-order valence-corrected chi connectivity index (χ1v) is 4.75. The minimum absolute atomic E-state index is 0.0657. The molecule has 114 valence electrons. The lowest BCUT2D eigenvalue weighted by molar-refractivity contribution is -0.387. The number of halogens is 9. The molecule has 0 atom stereocenters. The van der Waals surface area contributed by atoms with E-state index in [-0.39, 0.29) is 12.1 Å². The van der Waals surface area contributed by atoms with Gasteiger partial charge in [-0.25, -0.2) is 0 Å². The maximum Gasteiger partial charge on any atom is 0.416 e. The Kier molecular flexibility index (Phi) is 3.66. The Morgan fingerprint density at radius 2 is 0.900 bits per heavy atom. The van der Waals surface area contributed by atoms with Crippen molar-refractivity contribution in [3.05, 3.63) is 29.8 Å². The van der Waals surface area contributed by atoms with Gasteiger partial charge in [0.05, 0.1) is 0 Å². The molecule has 0 aliphatic heterocycles. The molecule has 1 nitrogen and oxygen atoms in total. The molecule has 0 saturated heterocycles. The number of hydrogen-bond acceptors (Lipinski definition) is 1. The van der Waals surface area contributed by atoms with Crippen LogP contribution in [0.15, 0.2) is 24.3 Å². The number of aromatic hydroxyl groups is 1. The third-order valence-corrected chi connectivity index (χ3v) is 2.58. The molecular weight excluding hydrogens is 307 g/mol. The normalized spacial score (nSPS) is 14.4. The van der Waals surface area contributed by atoms with Crippen molar-refractivity contribution < 1.29 is 44.6 Å². The molecule has 0 heterocycles. The van der Waals surface area contributed by atoms with E-state index in [2.05, 4.69) is 0 Å². The van der Waals surface area contributed by atoms with Crippen molar-refractivity contribution >= 4 is 0 Å². The first kappa shape index (κ1) is 16.4. The van der Waals surface area contributed by atoms with Gasteiger partial charge >= 0.3 is 18.5 Å². The van der Waals surface area contributed by atoms with Gasteiger partial charge in [0.25, 0.3) is 5.41 Å². The summed E-state index contributed by atoms with van der Waals surface area (Å²) in [5.41, 5.74) is -8.08. The molecular formula is C10H5F9O. The van der Waals surface area contributed by atoms with Crippen molar-refractivity contribution in [2.45, 2.75) is 23.9 Å². The van der Waals surface area contributed by atoms with Crippen LogP contribution in [-0.4, -0.2) is 23.6 Å². The van der Waals surface area contributed by atoms with Crippen molar-refractivity contribution in [3.8, 4) is 5.75 Å². The quantitative estimate of drug-likeness (QED) is 0.766. The number of rotatable bonds is 1. The minimum Gasteiger partial charge on any atom is -0.508 e. The van der Waals surface area contributed by atoms with Crippen LogP contribution in [0.5, 0.6) is 5.75 Å². The largest absolute Gasteiger partial charge is 0.508 e. The van der Waals surface area contributed by atoms with Gasteiger partial charge in [0.2, 0.25) is 0 Å². The highest BCUT2D eigenvalue weighted by atomic mass is 19.4. The van der Waals surface area contributed by atoms with E-state index in [1.165, 1.54) is 0 Å². The van der Waals surface area contributed by atoms with Crippen LogP contribution < -0.4 is 0 Å².